The van der Waals surface area contributed by atoms with Crippen LogP contribution in [-0.4, -0.2) is 22.9 Å². The van der Waals surface area contributed by atoms with Gasteiger partial charge in [-0.1, -0.05) is 24.3 Å². The third kappa shape index (κ3) is 0.720. The zero-order chi connectivity index (χ0) is 9.05. The summed E-state index contributed by atoms with van der Waals surface area (Å²) < 4.78 is 0. The molecule has 0 aromatic rings. The van der Waals surface area contributed by atoms with Gasteiger partial charge in [0.05, 0.1) is 12.7 Å². The summed E-state index contributed by atoms with van der Waals surface area (Å²) in [5, 5.41) is 19.3. The van der Waals surface area contributed by atoms with Crippen molar-refractivity contribution in [3.8, 4) is 0 Å². The minimum absolute atomic E-state index is 0.126. The molecule has 2 nitrogen and oxygen atoms in total. The quantitative estimate of drug-likeness (QED) is 0.581. The van der Waals surface area contributed by atoms with E-state index in [0.29, 0.717) is 11.8 Å². The summed E-state index contributed by atoms with van der Waals surface area (Å²) in [6.07, 6.45) is 9.09. The molecular formula is C11H14O2. The number of allylic oxidation sites excluding steroid dienone is 2. The molecule has 1 fully saturated rings. The number of rotatable bonds is 1. The van der Waals surface area contributed by atoms with Crippen LogP contribution >= 0.6 is 0 Å². The SMILES string of the molecule is OC[C@]12C=C[C@@H](O)[C@H]1[C@H]1C=C[C@@H]2C1. The summed E-state index contributed by atoms with van der Waals surface area (Å²) >= 11 is 0. The highest BCUT2D eigenvalue weighted by atomic mass is 16.3. The van der Waals surface area contributed by atoms with E-state index in [1.165, 1.54) is 0 Å². The molecule has 2 bridgehead atoms. The lowest BCUT2D eigenvalue weighted by molar-refractivity contribution is 0.0430. The first-order chi connectivity index (χ1) is 6.28. The number of fused-ring (bicyclic) bond motifs is 5. The van der Waals surface area contributed by atoms with E-state index in [1.807, 2.05) is 12.2 Å². The molecule has 0 spiro atoms. The first kappa shape index (κ1) is 7.77. The molecule has 0 radical (unpaired) electrons. The molecule has 0 unspecified atom stereocenters. The molecule has 2 heteroatoms. The van der Waals surface area contributed by atoms with Gasteiger partial charge in [0, 0.05) is 11.3 Å². The fourth-order valence-corrected chi connectivity index (χ4v) is 3.52. The molecule has 3 rings (SSSR count). The van der Waals surface area contributed by atoms with E-state index in [-0.39, 0.29) is 24.0 Å². The maximum Gasteiger partial charge on any atom is 0.0764 e. The second-order valence-electron chi connectivity index (χ2n) is 4.54. The summed E-state index contributed by atoms with van der Waals surface area (Å²) in [5.41, 5.74) is -0.126. The van der Waals surface area contributed by atoms with Gasteiger partial charge in [-0.05, 0) is 18.3 Å². The Bertz CT molecular complexity index is 294. The van der Waals surface area contributed by atoms with Gasteiger partial charge in [-0.2, -0.15) is 0 Å². The molecule has 3 aliphatic carbocycles. The average molecular weight is 178 g/mol. The van der Waals surface area contributed by atoms with Gasteiger partial charge in [-0.3, -0.25) is 0 Å². The zero-order valence-electron chi connectivity index (χ0n) is 7.43. The second kappa shape index (κ2) is 2.25. The topological polar surface area (TPSA) is 40.5 Å². The average Bonchev–Trinajstić information content (AvgIpc) is 2.77. The highest BCUT2D eigenvalue weighted by Crippen LogP contribution is 2.60. The van der Waals surface area contributed by atoms with Crippen LogP contribution in [-0.2, 0) is 0 Å². The second-order valence-corrected chi connectivity index (χ2v) is 4.54. The Labute approximate surface area is 77.6 Å². The van der Waals surface area contributed by atoms with E-state index in [9.17, 15) is 10.2 Å². The van der Waals surface area contributed by atoms with Crippen molar-refractivity contribution in [3.05, 3.63) is 24.3 Å². The predicted octanol–water partition coefficient (Wildman–Crippen LogP) is 0.718. The summed E-state index contributed by atoms with van der Waals surface area (Å²) in [7, 11) is 0. The fourth-order valence-electron chi connectivity index (χ4n) is 3.52. The van der Waals surface area contributed by atoms with Crippen LogP contribution in [0.3, 0.4) is 0 Å². The van der Waals surface area contributed by atoms with E-state index >= 15 is 0 Å². The lowest BCUT2D eigenvalue weighted by atomic mass is 9.71. The van der Waals surface area contributed by atoms with Crippen LogP contribution in [0, 0.1) is 23.2 Å². The molecular weight excluding hydrogens is 164 g/mol. The normalized spacial score (nSPS) is 56.2. The molecule has 3 aliphatic rings. The fraction of sp³-hybridized carbons (Fsp3) is 0.636. The lowest BCUT2D eigenvalue weighted by Gasteiger charge is -2.35. The minimum atomic E-state index is -0.341. The van der Waals surface area contributed by atoms with Gasteiger partial charge in [0.15, 0.2) is 0 Å². The van der Waals surface area contributed by atoms with Crippen LogP contribution in [0.5, 0.6) is 0 Å². The van der Waals surface area contributed by atoms with Crippen LogP contribution in [0.4, 0.5) is 0 Å². The van der Waals surface area contributed by atoms with E-state index in [0.717, 1.165) is 6.42 Å². The third-order valence-electron chi connectivity index (χ3n) is 4.13. The molecule has 0 aliphatic heterocycles. The van der Waals surface area contributed by atoms with Gasteiger partial charge >= 0.3 is 0 Å². The van der Waals surface area contributed by atoms with E-state index in [1.54, 1.807) is 0 Å². The Balaban J connectivity index is 2.08. The monoisotopic (exact) mass is 178 g/mol. The van der Waals surface area contributed by atoms with Crippen molar-refractivity contribution >= 4 is 0 Å². The Morgan fingerprint density at radius 1 is 1.31 bits per heavy atom. The maximum absolute atomic E-state index is 9.79. The van der Waals surface area contributed by atoms with Crippen molar-refractivity contribution in [2.45, 2.75) is 12.5 Å². The molecule has 0 amide bonds. The molecule has 70 valence electrons. The first-order valence-electron chi connectivity index (χ1n) is 4.94. The number of aliphatic hydroxyl groups is 2. The minimum Gasteiger partial charge on any atom is -0.395 e. The smallest absolute Gasteiger partial charge is 0.0764 e. The summed E-state index contributed by atoms with van der Waals surface area (Å²) in [4.78, 5) is 0. The van der Waals surface area contributed by atoms with Crippen molar-refractivity contribution in [2.24, 2.45) is 23.2 Å². The van der Waals surface area contributed by atoms with Crippen LogP contribution in [0.1, 0.15) is 6.42 Å². The standard InChI is InChI=1S/C11H14O2/c12-6-11-4-3-9(13)10(11)7-1-2-8(11)5-7/h1-4,7-10,12-13H,5-6H2/t7-,8+,9+,10+,11-/m0/s1. The highest BCUT2D eigenvalue weighted by Gasteiger charge is 2.58. The number of aliphatic hydroxyl groups excluding tert-OH is 2. The first-order valence-corrected chi connectivity index (χ1v) is 4.94. The van der Waals surface area contributed by atoms with Crippen molar-refractivity contribution in [1.29, 1.82) is 0 Å². The number of hydrogen-bond donors (Lipinski definition) is 2. The molecule has 13 heavy (non-hydrogen) atoms. The predicted molar refractivity (Wildman–Crippen MR) is 48.9 cm³/mol. The Morgan fingerprint density at radius 3 is 2.85 bits per heavy atom. The molecule has 0 heterocycles. The Hall–Kier alpha value is -0.600. The molecule has 0 saturated heterocycles. The molecule has 5 atom stereocenters. The van der Waals surface area contributed by atoms with Crippen LogP contribution in [0.25, 0.3) is 0 Å². The highest BCUT2D eigenvalue weighted by molar-refractivity contribution is 5.31. The number of hydrogen-bond acceptors (Lipinski definition) is 2. The summed E-state index contributed by atoms with van der Waals surface area (Å²) in [6.45, 7) is 0.177. The molecule has 0 aromatic carbocycles. The molecule has 2 N–H and O–H groups in total. The molecule has 1 saturated carbocycles. The summed E-state index contributed by atoms with van der Waals surface area (Å²) in [6, 6.07) is 0. The molecule has 0 aromatic heterocycles. The van der Waals surface area contributed by atoms with E-state index < -0.39 is 0 Å². The van der Waals surface area contributed by atoms with Gasteiger partial charge in [-0.25, -0.2) is 0 Å². The van der Waals surface area contributed by atoms with E-state index in [4.69, 9.17) is 0 Å². The third-order valence-corrected chi connectivity index (χ3v) is 4.13. The van der Waals surface area contributed by atoms with Gasteiger partial charge in [-0.15, -0.1) is 0 Å². The van der Waals surface area contributed by atoms with Crippen molar-refractivity contribution in [3.63, 3.8) is 0 Å². The van der Waals surface area contributed by atoms with E-state index in [2.05, 4.69) is 12.2 Å². The maximum atomic E-state index is 9.79. The van der Waals surface area contributed by atoms with Gasteiger partial charge < -0.3 is 10.2 Å². The van der Waals surface area contributed by atoms with Crippen molar-refractivity contribution in [2.75, 3.05) is 6.61 Å². The zero-order valence-corrected chi connectivity index (χ0v) is 7.43. The summed E-state index contributed by atoms with van der Waals surface area (Å²) in [5.74, 6) is 1.19. The Morgan fingerprint density at radius 2 is 2.15 bits per heavy atom. The van der Waals surface area contributed by atoms with Crippen LogP contribution in [0.2, 0.25) is 0 Å². The van der Waals surface area contributed by atoms with Gasteiger partial charge in [0.2, 0.25) is 0 Å². The van der Waals surface area contributed by atoms with Crippen LogP contribution < -0.4 is 0 Å². The largest absolute Gasteiger partial charge is 0.395 e. The lowest BCUT2D eigenvalue weighted by Crippen LogP contribution is -2.37. The van der Waals surface area contributed by atoms with Gasteiger partial charge in [0.1, 0.15) is 0 Å². The van der Waals surface area contributed by atoms with Crippen molar-refractivity contribution < 1.29 is 10.2 Å². The van der Waals surface area contributed by atoms with Crippen molar-refractivity contribution in [1.82, 2.24) is 0 Å². The Kier molecular flexibility index (Phi) is 1.35. The van der Waals surface area contributed by atoms with Crippen LogP contribution in [0.15, 0.2) is 24.3 Å². The van der Waals surface area contributed by atoms with Gasteiger partial charge in [0.25, 0.3) is 0 Å².